The number of aromatic nitrogens is 3. The summed E-state index contributed by atoms with van der Waals surface area (Å²) >= 11 is 0. The summed E-state index contributed by atoms with van der Waals surface area (Å²) in [5.74, 6) is 0.0265. The van der Waals surface area contributed by atoms with Gasteiger partial charge in [-0.05, 0) is 70.7 Å². The van der Waals surface area contributed by atoms with Crippen LogP contribution in [0.5, 0.6) is 0 Å². The first-order chi connectivity index (χ1) is 18.1. The van der Waals surface area contributed by atoms with Gasteiger partial charge in [0.25, 0.3) is 5.69 Å². The second-order valence-corrected chi connectivity index (χ2v) is 10.1. The highest BCUT2D eigenvalue weighted by atomic mass is 19.1. The highest BCUT2D eigenvalue weighted by Crippen LogP contribution is 2.30. The van der Waals surface area contributed by atoms with Gasteiger partial charge in [-0.25, -0.2) is 24.1 Å². The van der Waals surface area contributed by atoms with E-state index >= 15 is 0 Å². The van der Waals surface area contributed by atoms with Crippen LogP contribution in [0.25, 0.3) is 11.3 Å². The Morgan fingerprint density at radius 2 is 1.82 bits per heavy atom. The number of halogens is 1. The van der Waals surface area contributed by atoms with E-state index in [0.717, 1.165) is 31.7 Å². The molecule has 3 N–H and O–H groups in total. The van der Waals surface area contributed by atoms with Crippen molar-refractivity contribution in [2.75, 3.05) is 10.6 Å². The molecule has 0 aliphatic heterocycles. The van der Waals surface area contributed by atoms with Crippen LogP contribution in [-0.2, 0) is 4.74 Å². The Balaban J connectivity index is 1.41. The van der Waals surface area contributed by atoms with Gasteiger partial charge in [0.15, 0.2) is 5.82 Å². The van der Waals surface area contributed by atoms with Gasteiger partial charge in [0.05, 0.1) is 22.4 Å². The fraction of sp³-hybridized carbons (Fsp3) is 0.385. The Bertz CT molecular complexity index is 1310. The van der Waals surface area contributed by atoms with E-state index in [9.17, 15) is 19.3 Å². The van der Waals surface area contributed by atoms with E-state index < -0.39 is 22.4 Å². The predicted molar refractivity (Wildman–Crippen MR) is 141 cm³/mol. The highest BCUT2D eigenvalue weighted by Gasteiger charge is 2.25. The molecule has 200 valence electrons. The van der Waals surface area contributed by atoms with Gasteiger partial charge in [-0.2, -0.15) is 0 Å². The van der Waals surface area contributed by atoms with E-state index in [1.165, 1.54) is 12.1 Å². The van der Waals surface area contributed by atoms with Crippen molar-refractivity contribution in [1.29, 1.82) is 0 Å². The van der Waals surface area contributed by atoms with Gasteiger partial charge in [0, 0.05) is 36.1 Å². The number of rotatable bonds is 7. The number of anilines is 3. The van der Waals surface area contributed by atoms with Crippen molar-refractivity contribution in [3.63, 3.8) is 0 Å². The van der Waals surface area contributed by atoms with Crippen LogP contribution in [0.1, 0.15) is 46.5 Å². The summed E-state index contributed by atoms with van der Waals surface area (Å²) in [5.41, 5.74) is 0.363. The normalized spacial score (nSPS) is 17.4. The summed E-state index contributed by atoms with van der Waals surface area (Å²) in [7, 11) is 0. The summed E-state index contributed by atoms with van der Waals surface area (Å²) < 4.78 is 19.8. The number of carbonyl (C=O) groups is 1. The maximum absolute atomic E-state index is 14.5. The van der Waals surface area contributed by atoms with Gasteiger partial charge < -0.3 is 20.7 Å². The number of hydrogen-bond donors (Lipinski definition) is 3. The molecule has 38 heavy (non-hydrogen) atoms. The van der Waals surface area contributed by atoms with Crippen LogP contribution < -0.4 is 16.0 Å². The zero-order valence-corrected chi connectivity index (χ0v) is 21.4. The Morgan fingerprint density at radius 1 is 1.08 bits per heavy atom. The van der Waals surface area contributed by atoms with Crippen molar-refractivity contribution < 1.29 is 18.8 Å². The number of pyridine rings is 1. The summed E-state index contributed by atoms with van der Waals surface area (Å²) in [5, 5.41) is 20.1. The van der Waals surface area contributed by atoms with Gasteiger partial charge in [-0.15, -0.1) is 0 Å². The number of amides is 1. The van der Waals surface area contributed by atoms with Crippen LogP contribution in [-0.4, -0.2) is 43.7 Å². The quantitative estimate of drug-likeness (QED) is 0.267. The number of nitro groups is 1. The first-order valence-corrected chi connectivity index (χ1v) is 12.3. The molecule has 1 aromatic carbocycles. The molecule has 0 bridgehead atoms. The lowest BCUT2D eigenvalue weighted by molar-refractivity contribution is -0.385. The maximum atomic E-state index is 14.5. The fourth-order valence-electron chi connectivity index (χ4n) is 4.18. The molecule has 1 aliphatic rings. The number of nitrogens with one attached hydrogen (secondary N) is 3. The van der Waals surface area contributed by atoms with E-state index in [0.29, 0.717) is 23.0 Å². The largest absolute Gasteiger partial charge is 0.444 e. The van der Waals surface area contributed by atoms with Gasteiger partial charge in [-0.1, -0.05) is 0 Å². The number of carbonyl (C=O) groups excluding carboxylic acids is 1. The average Bonchev–Trinajstić information content (AvgIpc) is 2.86. The van der Waals surface area contributed by atoms with Crippen molar-refractivity contribution in [2.45, 2.75) is 64.1 Å². The summed E-state index contributed by atoms with van der Waals surface area (Å²) in [6.45, 7) is 5.50. The third kappa shape index (κ3) is 7.11. The minimum Gasteiger partial charge on any atom is -0.444 e. The van der Waals surface area contributed by atoms with E-state index in [2.05, 4.69) is 30.9 Å². The van der Waals surface area contributed by atoms with Crippen LogP contribution in [0, 0.1) is 15.9 Å². The molecular weight excluding hydrogens is 493 g/mol. The lowest BCUT2D eigenvalue weighted by atomic mass is 9.91. The molecule has 0 unspecified atom stereocenters. The zero-order chi connectivity index (χ0) is 27.3. The molecule has 11 nitrogen and oxygen atoms in total. The standard InChI is InChI=1S/C26H30FN7O4/c1-26(2,3)38-25(35)31-17-8-6-16(7-9-17)30-24-29-14-12-21(33-24)19-5-4-13-28-23(19)32-22-11-10-18(34(36)37)15-20(22)27/h4-5,10-17H,6-9H2,1-3H3,(H,28,32)(H,31,35)(H,29,30,33). The number of nitrogens with zero attached hydrogens (tertiary/aromatic N) is 4. The van der Waals surface area contributed by atoms with Crippen LogP contribution in [0.2, 0.25) is 0 Å². The molecule has 0 saturated heterocycles. The Hall–Kier alpha value is -4.35. The number of benzene rings is 1. The van der Waals surface area contributed by atoms with Crippen molar-refractivity contribution in [1.82, 2.24) is 20.3 Å². The van der Waals surface area contributed by atoms with Crippen LogP contribution in [0.3, 0.4) is 0 Å². The number of hydrogen-bond acceptors (Lipinski definition) is 9. The van der Waals surface area contributed by atoms with Gasteiger partial charge in [0.2, 0.25) is 5.95 Å². The molecule has 3 aromatic rings. The van der Waals surface area contributed by atoms with Crippen molar-refractivity contribution >= 4 is 29.2 Å². The van der Waals surface area contributed by atoms with Crippen molar-refractivity contribution in [2.24, 2.45) is 0 Å². The average molecular weight is 524 g/mol. The second kappa shape index (κ2) is 11.4. The van der Waals surface area contributed by atoms with Crippen LogP contribution in [0.4, 0.5) is 32.3 Å². The predicted octanol–water partition coefficient (Wildman–Crippen LogP) is 5.58. The number of alkyl carbamates (subject to hydrolysis) is 1. The van der Waals surface area contributed by atoms with Gasteiger partial charge in [-0.3, -0.25) is 10.1 Å². The molecule has 2 aromatic heterocycles. The Kier molecular flexibility index (Phi) is 7.99. The molecular formula is C26H30FN7O4. The number of nitro benzene ring substituents is 1. The SMILES string of the molecule is CC(C)(C)OC(=O)NC1CCC(Nc2nccc(-c3cccnc3Nc3ccc([N+](=O)[O-])cc3F)n2)CC1. The third-order valence-corrected chi connectivity index (χ3v) is 5.94. The van der Waals surface area contributed by atoms with Crippen LogP contribution >= 0.6 is 0 Å². The lowest BCUT2D eigenvalue weighted by Gasteiger charge is -2.30. The molecule has 1 fully saturated rings. The summed E-state index contributed by atoms with van der Waals surface area (Å²) in [6.07, 6.45) is 6.03. The fourth-order valence-corrected chi connectivity index (χ4v) is 4.18. The molecule has 1 saturated carbocycles. The molecule has 0 spiro atoms. The summed E-state index contributed by atoms with van der Waals surface area (Å²) in [6, 6.07) is 8.82. The topological polar surface area (TPSA) is 144 Å². The molecule has 1 amide bonds. The Morgan fingerprint density at radius 3 is 2.50 bits per heavy atom. The van der Waals surface area contributed by atoms with Crippen molar-refractivity contribution in [3.8, 4) is 11.3 Å². The summed E-state index contributed by atoms with van der Waals surface area (Å²) in [4.78, 5) is 35.6. The van der Waals surface area contributed by atoms with Gasteiger partial charge >= 0.3 is 6.09 Å². The number of ether oxygens (including phenoxy) is 1. The lowest BCUT2D eigenvalue weighted by Crippen LogP contribution is -2.42. The molecule has 0 radical (unpaired) electrons. The zero-order valence-electron chi connectivity index (χ0n) is 21.4. The molecule has 4 rings (SSSR count). The Labute approximate surface area is 219 Å². The maximum Gasteiger partial charge on any atom is 0.407 e. The minimum absolute atomic E-state index is 0.0546. The van der Waals surface area contributed by atoms with E-state index in [1.807, 2.05) is 20.8 Å². The molecule has 2 heterocycles. The first-order valence-electron chi connectivity index (χ1n) is 12.3. The smallest absolute Gasteiger partial charge is 0.407 e. The third-order valence-electron chi connectivity index (χ3n) is 5.94. The monoisotopic (exact) mass is 523 g/mol. The molecule has 0 atom stereocenters. The van der Waals surface area contributed by atoms with Gasteiger partial charge in [0.1, 0.15) is 11.4 Å². The van der Waals surface area contributed by atoms with E-state index in [-0.39, 0.29) is 23.5 Å². The second-order valence-electron chi connectivity index (χ2n) is 10.1. The van der Waals surface area contributed by atoms with Crippen LogP contribution in [0.15, 0.2) is 48.8 Å². The number of non-ortho nitro benzene ring substituents is 1. The molecule has 1 aliphatic carbocycles. The molecule has 12 heteroatoms. The first kappa shape index (κ1) is 26.7. The highest BCUT2D eigenvalue weighted by molar-refractivity contribution is 5.76. The minimum atomic E-state index is -0.766. The van der Waals surface area contributed by atoms with Crippen molar-refractivity contribution in [3.05, 3.63) is 64.7 Å². The van der Waals surface area contributed by atoms with E-state index in [4.69, 9.17) is 4.74 Å². The van der Waals surface area contributed by atoms with E-state index in [1.54, 1.807) is 30.6 Å².